The normalized spacial score (nSPS) is 23.3. The number of allylic oxidation sites excluding steroid dienone is 2. The molecular weight excluding hydrogens is 605 g/mol. The zero-order valence-corrected chi connectivity index (χ0v) is 26.2. The van der Waals surface area contributed by atoms with Crippen LogP contribution < -0.4 is 21.9 Å². The lowest BCUT2D eigenvalue weighted by molar-refractivity contribution is -0.0280. The molecule has 4 atom stereocenters. The molecule has 10 nitrogen and oxygen atoms in total. The van der Waals surface area contributed by atoms with E-state index in [0.29, 0.717) is 54.5 Å². The van der Waals surface area contributed by atoms with Gasteiger partial charge in [-0.15, -0.1) is 11.6 Å². The molecule has 232 valence electrons. The number of rotatable bonds is 8. The van der Waals surface area contributed by atoms with E-state index in [1.54, 1.807) is 18.2 Å². The SMILES string of the molecule is CCc1nc(C2(NC(=O)c3cn(C)c(=O)n(C)c3=O)C=CC=C(c3ccccc3Cl)C2Cl)ccc1CN[C@@H]1CCOC[C@@H]1O. The number of alkyl halides is 1. The van der Waals surface area contributed by atoms with E-state index in [2.05, 4.69) is 10.6 Å². The van der Waals surface area contributed by atoms with Crippen molar-refractivity contribution in [1.82, 2.24) is 24.8 Å². The first-order chi connectivity index (χ1) is 21.1. The second-order valence-corrected chi connectivity index (χ2v) is 11.9. The number of hydrogen-bond acceptors (Lipinski definition) is 7. The third-order valence-electron chi connectivity index (χ3n) is 8.21. The molecule has 1 aromatic carbocycles. The van der Waals surface area contributed by atoms with Gasteiger partial charge in [0.2, 0.25) is 0 Å². The van der Waals surface area contributed by atoms with E-state index < -0.39 is 34.2 Å². The van der Waals surface area contributed by atoms with Gasteiger partial charge in [-0.2, -0.15) is 0 Å². The Morgan fingerprint density at radius 1 is 1.20 bits per heavy atom. The molecule has 5 rings (SSSR count). The third-order valence-corrected chi connectivity index (χ3v) is 9.12. The summed E-state index contributed by atoms with van der Waals surface area (Å²) in [5.74, 6) is -0.712. The molecular formula is C32H35Cl2N5O5. The van der Waals surface area contributed by atoms with Crippen molar-refractivity contribution in [2.24, 2.45) is 14.1 Å². The molecule has 0 bridgehead atoms. The summed E-state index contributed by atoms with van der Waals surface area (Å²) in [5, 5.41) is 16.4. The van der Waals surface area contributed by atoms with Crippen molar-refractivity contribution in [3.63, 3.8) is 0 Å². The molecule has 1 saturated heterocycles. The van der Waals surface area contributed by atoms with Crippen molar-refractivity contribution >= 4 is 34.7 Å². The number of carbonyl (C=O) groups is 1. The fourth-order valence-electron chi connectivity index (χ4n) is 5.67. The summed E-state index contributed by atoms with van der Waals surface area (Å²) in [6.45, 7) is 3.35. The van der Waals surface area contributed by atoms with Gasteiger partial charge >= 0.3 is 5.69 Å². The van der Waals surface area contributed by atoms with Crippen LogP contribution in [0, 0.1) is 0 Å². The number of aryl methyl sites for hydroxylation is 2. The largest absolute Gasteiger partial charge is 0.389 e. The maximum atomic E-state index is 13.9. The van der Waals surface area contributed by atoms with Crippen LogP contribution in [0.1, 0.15) is 46.2 Å². The van der Waals surface area contributed by atoms with E-state index in [9.17, 15) is 19.5 Å². The topological polar surface area (TPSA) is 127 Å². The van der Waals surface area contributed by atoms with E-state index in [0.717, 1.165) is 15.8 Å². The van der Waals surface area contributed by atoms with Gasteiger partial charge in [-0.1, -0.05) is 61.0 Å². The Morgan fingerprint density at radius 2 is 1.98 bits per heavy atom. The first-order valence-corrected chi connectivity index (χ1v) is 15.2. The minimum Gasteiger partial charge on any atom is -0.389 e. The molecule has 1 fully saturated rings. The van der Waals surface area contributed by atoms with Crippen LogP contribution in [0.15, 0.2) is 70.4 Å². The number of nitrogens with one attached hydrogen (secondary N) is 2. The van der Waals surface area contributed by atoms with Crippen molar-refractivity contribution in [3.8, 4) is 0 Å². The van der Waals surface area contributed by atoms with Crippen molar-refractivity contribution in [3.05, 3.63) is 115 Å². The first kappa shape index (κ1) is 31.9. The molecule has 2 aliphatic rings. The van der Waals surface area contributed by atoms with Crippen LogP contribution in [0.5, 0.6) is 0 Å². The number of pyridine rings is 1. The van der Waals surface area contributed by atoms with Crippen molar-refractivity contribution in [2.45, 2.75) is 49.4 Å². The number of nitrogens with zero attached hydrogens (tertiary/aromatic N) is 3. The monoisotopic (exact) mass is 639 g/mol. The Morgan fingerprint density at radius 3 is 2.70 bits per heavy atom. The third kappa shape index (κ3) is 6.05. The molecule has 0 radical (unpaired) electrons. The molecule has 0 spiro atoms. The van der Waals surface area contributed by atoms with Gasteiger partial charge in [0, 0.05) is 50.2 Å². The number of aromatic nitrogens is 3. The number of ether oxygens (including phenoxy) is 1. The Labute approximate surface area is 265 Å². The highest BCUT2D eigenvalue weighted by molar-refractivity contribution is 6.34. The lowest BCUT2D eigenvalue weighted by Crippen LogP contribution is -2.54. The summed E-state index contributed by atoms with van der Waals surface area (Å²) in [5.41, 5.74) is 0.658. The highest BCUT2D eigenvalue weighted by Crippen LogP contribution is 2.42. The van der Waals surface area contributed by atoms with Gasteiger partial charge in [0.15, 0.2) is 0 Å². The van der Waals surface area contributed by atoms with E-state index in [-0.39, 0.29) is 11.6 Å². The summed E-state index contributed by atoms with van der Waals surface area (Å²) in [4.78, 5) is 44.2. The van der Waals surface area contributed by atoms with Crippen molar-refractivity contribution in [2.75, 3.05) is 13.2 Å². The Kier molecular flexibility index (Phi) is 9.57. The number of halogens is 2. The van der Waals surface area contributed by atoms with Crippen molar-refractivity contribution in [1.29, 1.82) is 0 Å². The molecule has 1 amide bonds. The second kappa shape index (κ2) is 13.2. The van der Waals surface area contributed by atoms with Crippen LogP contribution in [-0.4, -0.2) is 55.9 Å². The number of benzene rings is 1. The van der Waals surface area contributed by atoms with Gasteiger partial charge < -0.3 is 25.0 Å². The number of carbonyl (C=O) groups excluding carboxylic acids is 1. The van der Waals surface area contributed by atoms with E-state index in [4.69, 9.17) is 32.9 Å². The highest BCUT2D eigenvalue weighted by atomic mass is 35.5. The van der Waals surface area contributed by atoms with Gasteiger partial charge in [0.1, 0.15) is 11.1 Å². The zero-order chi connectivity index (χ0) is 31.6. The smallest absolute Gasteiger partial charge is 0.330 e. The fraction of sp³-hybridized carbons (Fsp3) is 0.375. The molecule has 12 heteroatoms. The van der Waals surface area contributed by atoms with Gasteiger partial charge in [-0.05, 0) is 41.7 Å². The number of aliphatic hydroxyl groups is 1. The second-order valence-electron chi connectivity index (χ2n) is 11.0. The van der Waals surface area contributed by atoms with E-state index in [1.165, 1.54) is 24.9 Å². The summed E-state index contributed by atoms with van der Waals surface area (Å²) in [7, 11) is 2.79. The summed E-state index contributed by atoms with van der Waals surface area (Å²) in [6, 6.07) is 10.9. The molecule has 44 heavy (non-hydrogen) atoms. The quantitative estimate of drug-likeness (QED) is 0.324. The minimum absolute atomic E-state index is 0.0972. The molecule has 3 heterocycles. The summed E-state index contributed by atoms with van der Waals surface area (Å²) >= 11 is 13.9. The number of amides is 1. The van der Waals surface area contributed by atoms with Crippen molar-refractivity contribution < 1.29 is 14.6 Å². The van der Waals surface area contributed by atoms with Crippen LogP contribution in [0.4, 0.5) is 0 Å². The van der Waals surface area contributed by atoms with Crippen LogP contribution in [0.2, 0.25) is 5.02 Å². The fourth-order valence-corrected chi connectivity index (χ4v) is 6.35. The molecule has 1 aliphatic carbocycles. The Hall–Kier alpha value is -3.54. The molecule has 2 aromatic heterocycles. The lowest BCUT2D eigenvalue weighted by Gasteiger charge is -2.39. The van der Waals surface area contributed by atoms with Gasteiger partial charge in [-0.3, -0.25) is 19.1 Å². The van der Waals surface area contributed by atoms with Gasteiger partial charge in [0.25, 0.3) is 11.5 Å². The van der Waals surface area contributed by atoms with E-state index in [1.807, 2.05) is 43.3 Å². The first-order valence-electron chi connectivity index (χ1n) is 14.4. The standard InChI is InChI=1S/C32H35Cl2N5O5/c1-4-24-19(16-35-25-13-15-44-18-26(25)40)11-12-27(36-24)32(37-29(41)22-17-38(2)31(43)39(3)30(22)42)14-7-9-21(28(32)34)20-8-5-6-10-23(20)33/h5-12,14,17,25-26,28,35,40H,4,13,15-16,18H2,1-3H3,(H,37,41)/t25-,26+,28?,32?/m1/s1. The van der Waals surface area contributed by atoms with Crippen LogP contribution in [-0.2, 0) is 37.3 Å². The molecule has 2 unspecified atom stereocenters. The van der Waals surface area contributed by atoms with Gasteiger partial charge in [-0.25, -0.2) is 4.79 Å². The molecule has 3 aromatic rings. The predicted octanol–water partition coefficient (Wildman–Crippen LogP) is 2.82. The van der Waals surface area contributed by atoms with E-state index >= 15 is 0 Å². The Bertz CT molecular complexity index is 1750. The maximum absolute atomic E-state index is 13.9. The molecule has 3 N–H and O–H groups in total. The maximum Gasteiger partial charge on any atom is 0.330 e. The lowest BCUT2D eigenvalue weighted by atomic mass is 9.80. The predicted molar refractivity (Wildman–Crippen MR) is 170 cm³/mol. The summed E-state index contributed by atoms with van der Waals surface area (Å²) in [6.07, 6.45) is 7.30. The van der Waals surface area contributed by atoms with Gasteiger partial charge in [0.05, 0.1) is 23.8 Å². The Balaban J connectivity index is 1.57. The van der Waals surface area contributed by atoms with Crippen LogP contribution >= 0.6 is 23.2 Å². The number of hydrogen-bond donors (Lipinski definition) is 3. The highest BCUT2D eigenvalue weighted by Gasteiger charge is 2.45. The number of aliphatic hydroxyl groups excluding tert-OH is 1. The average Bonchev–Trinajstić information content (AvgIpc) is 3.02. The van der Waals surface area contributed by atoms with Crippen LogP contribution in [0.25, 0.3) is 5.57 Å². The summed E-state index contributed by atoms with van der Waals surface area (Å²) < 4.78 is 7.41. The molecule has 1 aliphatic heterocycles. The zero-order valence-electron chi connectivity index (χ0n) is 24.7. The average molecular weight is 641 g/mol. The van der Waals surface area contributed by atoms with Crippen LogP contribution in [0.3, 0.4) is 0 Å². The minimum atomic E-state index is -1.39. The molecule has 0 saturated carbocycles.